The van der Waals surface area contributed by atoms with Crippen molar-refractivity contribution in [3.63, 3.8) is 0 Å². The molecule has 0 atom stereocenters. The zero-order valence-corrected chi connectivity index (χ0v) is 14.3. The van der Waals surface area contributed by atoms with E-state index in [2.05, 4.69) is 22.5 Å². The van der Waals surface area contributed by atoms with Crippen molar-refractivity contribution in [2.45, 2.75) is 45.2 Å². The van der Waals surface area contributed by atoms with E-state index in [1.807, 2.05) is 12.1 Å². The third kappa shape index (κ3) is 4.22. The van der Waals surface area contributed by atoms with Gasteiger partial charge in [0.1, 0.15) is 13.2 Å². The molecule has 0 saturated heterocycles. The summed E-state index contributed by atoms with van der Waals surface area (Å²) in [5, 5.41) is 7.41. The van der Waals surface area contributed by atoms with Gasteiger partial charge in [0.2, 0.25) is 0 Å². The van der Waals surface area contributed by atoms with E-state index in [4.69, 9.17) is 21.1 Å². The Morgan fingerprint density at radius 3 is 2.83 bits per heavy atom. The van der Waals surface area contributed by atoms with Gasteiger partial charge in [-0.2, -0.15) is 0 Å². The number of rotatable bonds is 4. The molecule has 0 unspecified atom stereocenters. The molecule has 1 aromatic carbocycles. The summed E-state index contributed by atoms with van der Waals surface area (Å²) in [5.41, 5.74) is 1.02. The number of nitrogens with one attached hydrogen (secondary N) is 2. The third-order valence-corrected chi connectivity index (χ3v) is 4.40. The SMILES string of the molecule is CCNC(=NCc1cc(Cl)c2c(c1)OCCO2)NC1CCCC1. The van der Waals surface area contributed by atoms with Crippen molar-refractivity contribution >= 4 is 17.6 Å². The molecule has 0 bridgehead atoms. The summed E-state index contributed by atoms with van der Waals surface area (Å²) in [5.74, 6) is 2.22. The van der Waals surface area contributed by atoms with Crippen LogP contribution in [-0.2, 0) is 6.54 Å². The Balaban J connectivity index is 1.69. The first-order valence-corrected chi connectivity index (χ1v) is 8.77. The normalized spacial score (nSPS) is 18.1. The molecule has 126 valence electrons. The molecule has 23 heavy (non-hydrogen) atoms. The molecule has 1 aliphatic heterocycles. The second kappa shape index (κ2) is 7.77. The van der Waals surface area contributed by atoms with Crippen LogP contribution in [0.2, 0.25) is 5.02 Å². The maximum atomic E-state index is 6.28. The maximum Gasteiger partial charge on any atom is 0.191 e. The fourth-order valence-electron chi connectivity index (χ4n) is 3.01. The number of hydrogen-bond donors (Lipinski definition) is 2. The van der Waals surface area contributed by atoms with Crippen molar-refractivity contribution in [3.05, 3.63) is 22.7 Å². The summed E-state index contributed by atoms with van der Waals surface area (Å²) < 4.78 is 11.2. The van der Waals surface area contributed by atoms with Crippen molar-refractivity contribution < 1.29 is 9.47 Å². The van der Waals surface area contributed by atoms with Gasteiger partial charge in [0.15, 0.2) is 17.5 Å². The first kappa shape index (κ1) is 16.2. The molecule has 3 rings (SSSR count). The number of aliphatic imine (C=N–C) groups is 1. The Morgan fingerprint density at radius 2 is 2.04 bits per heavy atom. The average Bonchev–Trinajstić information content (AvgIpc) is 3.06. The highest BCUT2D eigenvalue weighted by Gasteiger charge is 2.18. The topological polar surface area (TPSA) is 54.9 Å². The molecule has 6 heteroatoms. The molecule has 2 aliphatic rings. The zero-order valence-electron chi connectivity index (χ0n) is 13.5. The summed E-state index contributed by atoms with van der Waals surface area (Å²) in [7, 11) is 0. The van der Waals surface area contributed by atoms with Gasteiger partial charge in [-0.25, -0.2) is 4.99 Å². The second-order valence-electron chi connectivity index (χ2n) is 5.92. The number of halogens is 1. The van der Waals surface area contributed by atoms with E-state index >= 15 is 0 Å². The highest BCUT2D eigenvalue weighted by atomic mass is 35.5. The van der Waals surface area contributed by atoms with Gasteiger partial charge in [-0.15, -0.1) is 0 Å². The predicted octanol–water partition coefficient (Wildman–Crippen LogP) is 3.11. The minimum atomic E-state index is 0.539. The van der Waals surface area contributed by atoms with Gasteiger partial charge in [0.05, 0.1) is 11.6 Å². The molecule has 0 radical (unpaired) electrons. The first-order valence-electron chi connectivity index (χ1n) is 8.39. The molecule has 1 fully saturated rings. The average molecular weight is 338 g/mol. The van der Waals surface area contributed by atoms with E-state index < -0.39 is 0 Å². The van der Waals surface area contributed by atoms with Crippen LogP contribution in [0.4, 0.5) is 0 Å². The highest BCUT2D eigenvalue weighted by molar-refractivity contribution is 6.32. The van der Waals surface area contributed by atoms with Gasteiger partial charge in [0, 0.05) is 12.6 Å². The van der Waals surface area contributed by atoms with Gasteiger partial charge in [-0.05, 0) is 37.5 Å². The largest absolute Gasteiger partial charge is 0.486 e. The van der Waals surface area contributed by atoms with Crippen molar-refractivity contribution in [2.24, 2.45) is 4.99 Å². The van der Waals surface area contributed by atoms with Crippen LogP contribution in [0.15, 0.2) is 17.1 Å². The summed E-state index contributed by atoms with van der Waals surface area (Å²) >= 11 is 6.28. The summed E-state index contributed by atoms with van der Waals surface area (Å²) in [6, 6.07) is 4.40. The Morgan fingerprint density at radius 1 is 1.26 bits per heavy atom. The number of benzene rings is 1. The van der Waals surface area contributed by atoms with Crippen molar-refractivity contribution in [2.75, 3.05) is 19.8 Å². The van der Waals surface area contributed by atoms with Gasteiger partial charge in [0.25, 0.3) is 0 Å². The van der Waals surface area contributed by atoms with E-state index in [-0.39, 0.29) is 0 Å². The lowest BCUT2D eigenvalue weighted by Gasteiger charge is -2.20. The van der Waals surface area contributed by atoms with Crippen LogP contribution in [0.3, 0.4) is 0 Å². The molecule has 0 spiro atoms. The Kier molecular flexibility index (Phi) is 5.49. The molecule has 2 N–H and O–H groups in total. The van der Waals surface area contributed by atoms with Gasteiger partial charge < -0.3 is 20.1 Å². The van der Waals surface area contributed by atoms with Crippen LogP contribution in [0.25, 0.3) is 0 Å². The standard InChI is InChI=1S/C17H24ClN3O2/c1-2-19-17(21-13-5-3-4-6-13)20-11-12-9-14(18)16-15(10-12)22-7-8-23-16/h9-10,13H,2-8,11H2,1H3,(H2,19,20,21). The van der Waals surface area contributed by atoms with E-state index in [9.17, 15) is 0 Å². The van der Waals surface area contributed by atoms with Crippen molar-refractivity contribution in [1.82, 2.24) is 10.6 Å². The molecular weight excluding hydrogens is 314 g/mol. The van der Waals surface area contributed by atoms with Crippen LogP contribution in [-0.4, -0.2) is 31.8 Å². The predicted molar refractivity (Wildman–Crippen MR) is 92.6 cm³/mol. The minimum absolute atomic E-state index is 0.539. The molecule has 5 nitrogen and oxygen atoms in total. The van der Waals surface area contributed by atoms with E-state index in [1.54, 1.807) is 0 Å². The molecule has 0 aromatic heterocycles. The lowest BCUT2D eigenvalue weighted by atomic mass is 10.2. The molecule has 1 saturated carbocycles. The van der Waals surface area contributed by atoms with Gasteiger partial charge >= 0.3 is 0 Å². The highest BCUT2D eigenvalue weighted by Crippen LogP contribution is 2.38. The van der Waals surface area contributed by atoms with E-state index in [1.165, 1.54) is 25.7 Å². The molecule has 1 heterocycles. The fraction of sp³-hybridized carbons (Fsp3) is 0.588. The van der Waals surface area contributed by atoms with Crippen LogP contribution in [0.5, 0.6) is 11.5 Å². The van der Waals surface area contributed by atoms with Crippen LogP contribution in [0, 0.1) is 0 Å². The van der Waals surface area contributed by atoms with Gasteiger partial charge in [-0.3, -0.25) is 0 Å². The quantitative estimate of drug-likeness (QED) is 0.654. The third-order valence-electron chi connectivity index (χ3n) is 4.12. The van der Waals surface area contributed by atoms with Crippen molar-refractivity contribution in [3.8, 4) is 11.5 Å². The van der Waals surface area contributed by atoms with E-state index in [0.717, 1.165) is 18.1 Å². The molecular formula is C17H24ClN3O2. The lowest BCUT2D eigenvalue weighted by Crippen LogP contribution is -2.42. The summed E-state index contributed by atoms with van der Waals surface area (Å²) in [6.45, 7) is 4.58. The van der Waals surface area contributed by atoms with Gasteiger partial charge in [-0.1, -0.05) is 24.4 Å². The summed E-state index contributed by atoms with van der Waals surface area (Å²) in [6.07, 6.45) is 5.05. The number of guanidine groups is 1. The van der Waals surface area contributed by atoms with Crippen LogP contribution in [0.1, 0.15) is 38.2 Å². The minimum Gasteiger partial charge on any atom is -0.486 e. The van der Waals surface area contributed by atoms with E-state index in [0.29, 0.717) is 42.3 Å². The zero-order chi connectivity index (χ0) is 16.1. The number of fused-ring (bicyclic) bond motifs is 1. The smallest absolute Gasteiger partial charge is 0.191 e. The molecule has 1 aromatic rings. The summed E-state index contributed by atoms with van der Waals surface area (Å²) in [4.78, 5) is 4.68. The first-order chi connectivity index (χ1) is 11.3. The fourth-order valence-corrected chi connectivity index (χ4v) is 3.30. The van der Waals surface area contributed by atoms with Crippen LogP contribution >= 0.6 is 11.6 Å². The Bertz CT molecular complexity index is 571. The monoisotopic (exact) mass is 337 g/mol. The number of ether oxygens (including phenoxy) is 2. The lowest BCUT2D eigenvalue weighted by molar-refractivity contribution is 0.171. The second-order valence-corrected chi connectivity index (χ2v) is 6.33. The molecule has 1 aliphatic carbocycles. The Labute approximate surface area is 142 Å². The number of hydrogen-bond acceptors (Lipinski definition) is 3. The van der Waals surface area contributed by atoms with Crippen molar-refractivity contribution in [1.29, 1.82) is 0 Å². The van der Waals surface area contributed by atoms with Crippen LogP contribution < -0.4 is 20.1 Å². The maximum absolute atomic E-state index is 6.28. The number of nitrogens with zero attached hydrogens (tertiary/aromatic N) is 1. The molecule has 0 amide bonds. The Hall–Kier alpha value is -1.62.